The minimum absolute atomic E-state index is 0.102. The highest BCUT2D eigenvalue weighted by molar-refractivity contribution is 7.47. The highest BCUT2D eigenvalue weighted by atomic mass is 31.2. The Bertz CT molecular complexity index is 1650. The van der Waals surface area contributed by atoms with Gasteiger partial charge in [-0.3, -0.25) is 37.3 Å². The van der Waals surface area contributed by atoms with Crippen LogP contribution in [0.25, 0.3) is 0 Å². The topological polar surface area (TPSA) is 237 Å². The van der Waals surface area contributed by atoms with Crippen molar-refractivity contribution in [1.82, 2.24) is 0 Å². The molecule has 0 amide bonds. The van der Waals surface area contributed by atoms with Gasteiger partial charge >= 0.3 is 39.5 Å². The van der Waals surface area contributed by atoms with E-state index in [-0.39, 0.29) is 25.7 Å². The van der Waals surface area contributed by atoms with E-state index in [0.29, 0.717) is 31.6 Å². The number of phosphoric acid groups is 2. The summed E-state index contributed by atoms with van der Waals surface area (Å²) in [5, 5.41) is 10.5. The summed E-state index contributed by atoms with van der Waals surface area (Å²) in [6.45, 7) is 9.36. The molecule has 498 valence electrons. The summed E-state index contributed by atoms with van der Waals surface area (Å²) in [7, 11) is -9.89. The van der Waals surface area contributed by atoms with Crippen LogP contribution in [0.1, 0.15) is 324 Å². The van der Waals surface area contributed by atoms with E-state index in [4.69, 9.17) is 37.0 Å². The largest absolute Gasteiger partial charge is 0.472 e. The Morgan fingerprint density at radius 3 is 0.905 bits per heavy atom. The van der Waals surface area contributed by atoms with Crippen molar-refractivity contribution >= 4 is 39.5 Å². The van der Waals surface area contributed by atoms with Crippen LogP contribution >= 0.6 is 15.6 Å². The molecule has 3 N–H and O–H groups in total. The molecule has 0 aliphatic heterocycles. The molecule has 0 aliphatic rings. The van der Waals surface area contributed by atoms with Crippen molar-refractivity contribution in [2.75, 3.05) is 39.6 Å². The van der Waals surface area contributed by atoms with E-state index in [2.05, 4.69) is 41.5 Å². The van der Waals surface area contributed by atoms with Gasteiger partial charge in [0.2, 0.25) is 0 Å². The molecule has 84 heavy (non-hydrogen) atoms. The standard InChI is InChI=1S/C65H126O17P2/c1-7-10-12-14-16-18-19-20-21-22-23-24-26-28-37-43-49-64(69)81-60(54-76-63(68)48-42-36-32-30-34-40-46-58(6)9-3)55-79-83(71,72)77-51-59(66)52-78-84(73,74)80-56-61(82-65(70)50-44-38-31-29-33-39-45-57(4)5)53-75-62(67)47-41-35-27-25-17-15-13-11-8-2/h57-61,66H,7-56H2,1-6H3,(H,71,72)(H,73,74)/t58?,59-,60-,61-/m1/s1. The third kappa shape index (κ3) is 57.8. The van der Waals surface area contributed by atoms with E-state index in [0.717, 1.165) is 102 Å². The van der Waals surface area contributed by atoms with Gasteiger partial charge in [-0.1, -0.05) is 273 Å². The molecule has 17 nitrogen and oxygen atoms in total. The Balaban J connectivity index is 5.21. The first-order chi connectivity index (χ1) is 40.4. The molecule has 0 saturated carbocycles. The van der Waals surface area contributed by atoms with E-state index < -0.39 is 97.5 Å². The maximum atomic E-state index is 13.0. The molecule has 0 saturated heterocycles. The number of hydrogen-bond donors (Lipinski definition) is 3. The summed E-state index contributed by atoms with van der Waals surface area (Å²) in [6, 6.07) is 0. The second kappa shape index (κ2) is 57.5. The number of hydrogen-bond acceptors (Lipinski definition) is 15. The van der Waals surface area contributed by atoms with Crippen LogP contribution in [0.3, 0.4) is 0 Å². The first-order valence-electron chi connectivity index (χ1n) is 34.0. The number of rotatable bonds is 64. The van der Waals surface area contributed by atoms with Crippen LogP contribution in [0.2, 0.25) is 0 Å². The van der Waals surface area contributed by atoms with Gasteiger partial charge in [0, 0.05) is 25.7 Å². The fourth-order valence-electron chi connectivity index (χ4n) is 9.68. The molecule has 19 heteroatoms. The first kappa shape index (κ1) is 82.1. The number of phosphoric ester groups is 2. The van der Waals surface area contributed by atoms with E-state index in [9.17, 15) is 43.2 Å². The van der Waals surface area contributed by atoms with Crippen LogP contribution in [0, 0.1) is 11.8 Å². The monoisotopic (exact) mass is 1240 g/mol. The van der Waals surface area contributed by atoms with Crippen molar-refractivity contribution in [3.63, 3.8) is 0 Å². The van der Waals surface area contributed by atoms with Crippen LogP contribution in [0.15, 0.2) is 0 Å². The number of unbranched alkanes of at least 4 members (excludes halogenated alkanes) is 33. The molecular formula is C65H126O17P2. The Kier molecular flexibility index (Phi) is 56.2. The summed E-state index contributed by atoms with van der Waals surface area (Å²) < 4.78 is 68.0. The quantitative estimate of drug-likeness (QED) is 0.0222. The molecule has 0 aliphatic carbocycles. The van der Waals surface area contributed by atoms with Crippen LogP contribution in [-0.4, -0.2) is 96.7 Å². The van der Waals surface area contributed by atoms with Crippen LogP contribution < -0.4 is 0 Å². The average Bonchev–Trinajstić information content (AvgIpc) is 3.54. The van der Waals surface area contributed by atoms with E-state index >= 15 is 0 Å². The van der Waals surface area contributed by atoms with Gasteiger partial charge in [-0.25, -0.2) is 9.13 Å². The van der Waals surface area contributed by atoms with Gasteiger partial charge < -0.3 is 33.8 Å². The van der Waals surface area contributed by atoms with Gasteiger partial charge in [-0.05, 0) is 37.5 Å². The zero-order valence-corrected chi connectivity index (χ0v) is 56.0. The summed E-state index contributed by atoms with van der Waals surface area (Å²) >= 11 is 0. The molecular weight excluding hydrogens is 1110 g/mol. The number of carbonyl (C=O) groups excluding carboxylic acids is 4. The van der Waals surface area contributed by atoms with Crippen molar-refractivity contribution in [2.45, 2.75) is 342 Å². The third-order valence-corrected chi connectivity index (χ3v) is 17.2. The Morgan fingerprint density at radius 1 is 0.345 bits per heavy atom. The lowest BCUT2D eigenvalue weighted by atomic mass is 10.00. The van der Waals surface area contributed by atoms with E-state index in [1.165, 1.54) is 135 Å². The molecule has 3 unspecified atom stereocenters. The van der Waals surface area contributed by atoms with Gasteiger partial charge in [0.05, 0.1) is 26.4 Å². The third-order valence-electron chi connectivity index (χ3n) is 15.3. The van der Waals surface area contributed by atoms with Crippen molar-refractivity contribution in [1.29, 1.82) is 0 Å². The predicted octanol–water partition coefficient (Wildman–Crippen LogP) is 18.0. The number of aliphatic hydroxyl groups excluding tert-OH is 1. The number of aliphatic hydroxyl groups is 1. The Labute approximate surface area is 511 Å². The lowest BCUT2D eigenvalue weighted by Gasteiger charge is -2.21. The molecule has 6 atom stereocenters. The fourth-order valence-corrected chi connectivity index (χ4v) is 11.3. The number of ether oxygens (including phenoxy) is 4. The Morgan fingerprint density at radius 2 is 0.607 bits per heavy atom. The summed E-state index contributed by atoms with van der Waals surface area (Å²) in [4.78, 5) is 72.2. The minimum Gasteiger partial charge on any atom is -0.462 e. The molecule has 0 aromatic carbocycles. The van der Waals surface area contributed by atoms with Crippen molar-refractivity contribution in [3.05, 3.63) is 0 Å². The molecule has 0 heterocycles. The SMILES string of the molecule is CCCCCCCCCCCCCCCCCCC(=O)O[C@H](COC(=O)CCCCCCCCC(C)CC)COP(=O)(O)OC[C@@H](O)COP(=O)(O)OC[C@@H](COC(=O)CCCCCCCCCCC)OC(=O)CCCCCCCCC(C)C. The highest BCUT2D eigenvalue weighted by Gasteiger charge is 2.30. The molecule has 0 radical (unpaired) electrons. The summed E-state index contributed by atoms with van der Waals surface area (Å²) in [5.41, 5.74) is 0. The van der Waals surface area contributed by atoms with E-state index in [1.54, 1.807) is 0 Å². The zero-order chi connectivity index (χ0) is 62.2. The minimum atomic E-state index is -4.95. The molecule has 0 rings (SSSR count). The first-order valence-corrected chi connectivity index (χ1v) is 37.0. The fraction of sp³-hybridized carbons (Fsp3) is 0.938. The lowest BCUT2D eigenvalue weighted by Crippen LogP contribution is -2.30. The predicted molar refractivity (Wildman–Crippen MR) is 335 cm³/mol. The molecule has 0 bridgehead atoms. The average molecular weight is 1240 g/mol. The van der Waals surface area contributed by atoms with Crippen molar-refractivity contribution in [2.24, 2.45) is 11.8 Å². The molecule has 0 aromatic rings. The van der Waals surface area contributed by atoms with Gasteiger partial charge in [-0.2, -0.15) is 0 Å². The molecule has 0 spiro atoms. The maximum absolute atomic E-state index is 13.0. The van der Waals surface area contributed by atoms with Crippen LogP contribution in [0.5, 0.6) is 0 Å². The van der Waals surface area contributed by atoms with Crippen molar-refractivity contribution < 1.29 is 80.2 Å². The maximum Gasteiger partial charge on any atom is 0.472 e. The van der Waals surface area contributed by atoms with Gasteiger partial charge in [0.15, 0.2) is 12.2 Å². The van der Waals surface area contributed by atoms with E-state index in [1.807, 2.05) is 0 Å². The van der Waals surface area contributed by atoms with Gasteiger partial charge in [0.25, 0.3) is 0 Å². The van der Waals surface area contributed by atoms with Crippen LogP contribution in [0.4, 0.5) is 0 Å². The Hall–Kier alpha value is -1.94. The second-order valence-electron chi connectivity index (χ2n) is 24.2. The summed E-state index contributed by atoms with van der Waals surface area (Å²) in [6.07, 6.45) is 40.5. The van der Waals surface area contributed by atoms with Gasteiger partial charge in [-0.15, -0.1) is 0 Å². The van der Waals surface area contributed by atoms with Gasteiger partial charge in [0.1, 0.15) is 19.3 Å². The molecule has 0 aromatic heterocycles. The number of carbonyl (C=O) groups is 4. The second-order valence-corrected chi connectivity index (χ2v) is 27.1. The number of esters is 4. The lowest BCUT2D eigenvalue weighted by molar-refractivity contribution is -0.161. The zero-order valence-electron chi connectivity index (χ0n) is 54.2. The smallest absolute Gasteiger partial charge is 0.462 e. The normalized spacial score (nSPS) is 14.6. The highest BCUT2D eigenvalue weighted by Crippen LogP contribution is 2.45. The van der Waals surface area contributed by atoms with Crippen molar-refractivity contribution in [3.8, 4) is 0 Å². The summed E-state index contributed by atoms with van der Waals surface area (Å²) in [5.74, 6) is -0.737. The van der Waals surface area contributed by atoms with Crippen LogP contribution in [-0.2, 0) is 65.4 Å². The molecule has 0 fully saturated rings.